The number of benzene rings is 1. The van der Waals surface area contributed by atoms with E-state index in [1.807, 2.05) is 0 Å². The zero-order valence-corrected chi connectivity index (χ0v) is 13.7. The van der Waals surface area contributed by atoms with Gasteiger partial charge in [0.2, 0.25) is 10.0 Å². The number of nitrogens with zero attached hydrogens (tertiary/aromatic N) is 1. The first-order valence-corrected chi connectivity index (χ1v) is 9.01. The molecule has 0 aliphatic carbocycles. The van der Waals surface area contributed by atoms with Crippen molar-refractivity contribution < 1.29 is 17.5 Å². The molecule has 0 radical (unpaired) electrons. The van der Waals surface area contributed by atoms with Crippen LogP contribution in [0.5, 0.6) is 0 Å². The third-order valence-electron chi connectivity index (χ3n) is 3.99. The van der Waals surface area contributed by atoms with E-state index >= 15 is 0 Å². The summed E-state index contributed by atoms with van der Waals surface area (Å²) < 4.78 is 46.3. The van der Waals surface area contributed by atoms with Gasteiger partial charge in [-0.15, -0.1) is 0 Å². The number of rotatable bonds is 2. The van der Waals surface area contributed by atoms with E-state index in [9.17, 15) is 12.8 Å². The third kappa shape index (κ3) is 2.75. The molecule has 3 rings (SSSR count). The van der Waals surface area contributed by atoms with Crippen molar-refractivity contribution in [2.24, 2.45) is 0 Å². The number of halogens is 2. The lowest BCUT2D eigenvalue weighted by atomic mass is 10.0. The third-order valence-corrected chi connectivity index (χ3v) is 6.52. The molecule has 0 saturated carbocycles. The minimum Gasteiger partial charge on any atom is -0.359 e. The Morgan fingerprint density at radius 1 is 1.33 bits per heavy atom. The Bertz CT molecular complexity index is 637. The predicted molar refractivity (Wildman–Crippen MR) is 78.8 cm³/mol. The zero-order chi connectivity index (χ0) is 15.1. The highest BCUT2D eigenvalue weighted by molar-refractivity contribution is 9.10. The molecule has 2 aliphatic rings. The Hall–Kier alpha value is -0.540. The number of hydrogen-bond donors (Lipinski definition) is 1. The van der Waals surface area contributed by atoms with Crippen LogP contribution in [0.3, 0.4) is 0 Å². The first-order valence-electron chi connectivity index (χ1n) is 6.78. The van der Waals surface area contributed by atoms with Gasteiger partial charge >= 0.3 is 0 Å². The second-order valence-corrected chi connectivity index (χ2v) is 7.99. The topological polar surface area (TPSA) is 58.6 Å². The fourth-order valence-electron chi connectivity index (χ4n) is 2.81. The average Bonchev–Trinajstić information content (AvgIpc) is 2.90. The van der Waals surface area contributed by atoms with E-state index in [1.165, 1.54) is 22.5 Å². The van der Waals surface area contributed by atoms with Crippen LogP contribution in [0.4, 0.5) is 4.39 Å². The molecule has 0 amide bonds. The van der Waals surface area contributed by atoms with Gasteiger partial charge in [0.25, 0.3) is 0 Å². The summed E-state index contributed by atoms with van der Waals surface area (Å²) in [5.74, 6) is -0.743. The molecule has 1 aromatic rings. The van der Waals surface area contributed by atoms with Crippen LogP contribution in [0.2, 0.25) is 0 Å². The summed E-state index contributed by atoms with van der Waals surface area (Å²) in [5.41, 5.74) is -0.401. The first-order chi connectivity index (χ1) is 9.95. The lowest BCUT2D eigenvalue weighted by Crippen LogP contribution is -2.52. The Kier molecular flexibility index (Phi) is 4.08. The van der Waals surface area contributed by atoms with E-state index in [2.05, 4.69) is 21.2 Å². The van der Waals surface area contributed by atoms with Crippen LogP contribution < -0.4 is 5.32 Å². The number of ether oxygens (including phenoxy) is 1. The average molecular weight is 379 g/mol. The molecule has 116 valence electrons. The molecule has 2 saturated heterocycles. The summed E-state index contributed by atoms with van der Waals surface area (Å²) in [7, 11) is -3.82. The van der Waals surface area contributed by atoms with Crippen LogP contribution in [0.25, 0.3) is 0 Å². The van der Waals surface area contributed by atoms with Crippen molar-refractivity contribution in [3.05, 3.63) is 28.5 Å². The lowest BCUT2D eigenvalue weighted by molar-refractivity contribution is -0.0446. The van der Waals surface area contributed by atoms with Crippen molar-refractivity contribution in [2.75, 3.05) is 26.2 Å². The molecule has 0 unspecified atom stereocenters. The molecule has 1 N–H and O–H groups in total. The van der Waals surface area contributed by atoms with E-state index in [4.69, 9.17) is 4.74 Å². The predicted octanol–water partition coefficient (Wildman–Crippen LogP) is 1.69. The highest BCUT2D eigenvalue weighted by Gasteiger charge is 2.41. The van der Waals surface area contributed by atoms with Crippen molar-refractivity contribution in [1.29, 1.82) is 0 Å². The molecule has 2 heterocycles. The van der Waals surface area contributed by atoms with Gasteiger partial charge in [-0.05, 0) is 28.1 Å². The van der Waals surface area contributed by atoms with E-state index in [1.54, 1.807) is 0 Å². The molecule has 21 heavy (non-hydrogen) atoms. The summed E-state index contributed by atoms with van der Waals surface area (Å²) >= 11 is 3.02. The van der Waals surface area contributed by atoms with E-state index in [0.29, 0.717) is 32.5 Å². The quantitative estimate of drug-likeness (QED) is 0.850. The first kappa shape index (κ1) is 15.4. The molecule has 1 aromatic carbocycles. The van der Waals surface area contributed by atoms with Crippen molar-refractivity contribution in [2.45, 2.75) is 23.5 Å². The van der Waals surface area contributed by atoms with Gasteiger partial charge in [0, 0.05) is 32.5 Å². The second-order valence-electron chi connectivity index (χ2n) is 5.23. The molecule has 5 nitrogen and oxygen atoms in total. The summed E-state index contributed by atoms with van der Waals surface area (Å²) in [6, 6.07) is 4.30. The Morgan fingerprint density at radius 2 is 2.05 bits per heavy atom. The fraction of sp³-hybridized carbons (Fsp3) is 0.538. The zero-order valence-electron chi connectivity index (χ0n) is 11.3. The Balaban J connectivity index is 1.82. The van der Waals surface area contributed by atoms with Gasteiger partial charge < -0.3 is 4.74 Å². The minimum absolute atomic E-state index is 0.151. The maximum atomic E-state index is 14.1. The molecular weight excluding hydrogens is 363 g/mol. The second kappa shape index (κ2) is 5.58. The van der Waals surface area contributed by atoms with Crippen molar-refractivity contribution in [3.8, 4) is 0 Å². The summed E-state index contributed by atoms with van der Waals surface area (Å²) in [4.78, 5) is -0.284. The van der Waals surface area contributed by atoms with Crippen molar-refractivity contribution in [3.63, 3.8) is 0 Å². The van der Waals surface area contributed by atoms with Crippen LogP contribution >= 0.6 is 15.9 Å². The van der Waals surface area contributed by atoms with Crippen LogP contribution in [-0.2, 0) is 14.8 Å². The number of sulfonamides is 1. The van der Waals surface area contributed by atoms with Crippen molar-refractivity contribution >= 4 is 26.0 Å². The summed E-state index contributed by atoms with van der Waals surface area (Å²) in [6.07, 6.45) is 1.14. The number of piperidine rings is 1. The van der Waals surface area contributed by atoms with Crippen molar-refractivity contribution in [1.82, 2.24) is 9.62 Å². The molecular formula is C13H16BrFN2O3S. The molecule has 8 heteroatoms. The number of hydrogen-bond acceptors (Lipinski definition) is 4. The molecule has 0 bridgehead atoms. The minimum atomic E-state index is -3.82. The SMILES string of the molecule is O=S(=O)(c1cccc(Br)c1F)N1CCC2(CC1)NCCO2. The van der Waals surface area contributed by atoms with E-state index in [0.717, 1.165) is 6.54 Å². The fourth-order valence-corrected chi connectivity index (χ4v) is 4.83. The Morgan fingerprint density at radius 3 is 2.67 bits per heavy atom. The van der Waals surface area contributed by atoms with Crippen LogP contribution in [0.1, 0.15) is 12.8 Å². The van der Waals surface area contributed by atoms with Crippen LogP contribution in [0, 0.1) is 5.82 Å². The summed E-state index contributed by atoms with van der Waals surface area (Å²) in [5, 5.41) is 3.28. The van der Waals surface area contributed by atoms with Crippen LogP contribution in [-0.4, -0.2) is 44.7 Å². The standard InChI is InChI=1S/C13H16BrFN2O3S/c14-10-2-1-3-11(12(10)15)21(18,19)17-7-4-13(5-8-17)16-6-9-20-13/h1-3,16H,4-9H2. The van der Waals surface area contributed by atoms with E-state index < -0.39 is 21.6 Å². The normalized spacial score (nSPS) is 22.8. The molecule has 1 spiro atoms. The van der Waals surface area contributed by atoms with Crippen LogP contribution in [0.15, 0.2) is 27.6 Å². The van der Waals surface area contributed by atoms with Gasteiger partial charge in [0.05, 0.1) is 11.1 Å². The van der Waals surface area contributed by atoms with Gasteiger partial charge in [-0.2, -0.15) is 4.31 Å². The van der Waals surface area contributed by atoms with Gasteiger partial charge in [-0.25, -0.2) is 12.8 Å². The molecule has 0 aromatic heterocycles. The molecule has 0 atom stereocenters. The van der Waals surface area contributed by atoms with Gasteiger partial charge in [0.15, 0.2) is 5.82 Å². The molecule has 2 fully saturated rings. The van der Waals surface area contributed by atoms with Gasteiger partial charge in [0.1, 0.15) is 10.6 Å². The van der Waals surface area contributed by atoms with Gasteiger partial charge in [-0.1, -0.05) is 6.07 Å². The maximum Gasteiger partial charge on any atom is 0.246 e. The van der Waals surface area contributed by atoms with Gasteiger partial charge in [-0.3, -0.25) is 5.32 Å². The highest BCUT2D eigenvalue weighted by atomic mass is 79.9. The highest BCUT2D eigenvalue weighted by Crippen LogP contribution is 2.31. The Labute approximate surface area is 131 Å². The van der Waals surface area contributed by atoms with E-state index in [-0.39, 0.29) is 9.37 Å². The molecule has 2 aliphatic heterocycles. The largest absolute Gasteiger partial charge is 0.359 e. The lowest BCUT2D eigenvalue weighted by Gasteiger charge is -2.37. The smallest absolute Gasteiger partial charge is 0.246 e. The monoisotopic (exact) mass is 378 g/mol. The summed E-state index contributed by atoms with van der Waals surface area (Å²) in [6.45, 7) is 2.07. The maximum absolute atomic E-state index is 14.1. The number of nitrogens with one attached hydrogen (secondary N) is 1.